The molecule has 1 rings (SSSR count). The van der Waals surface area contributed by atoms with Gasteiger partial charge in [-0.15, -0.1) is 12.4 Å². The lowest BCUT2D eigenvalue weighted by Crippen LogP contribution is -2.40. The van der Waals surface area contributed by atoms with Crippen LogP contribution in [0.5, 0.6) is 0 Å². The van der Waals surface area contributed by atoms with Gasteiger partial charge in [-0.2, -0.15) is 0 Å². The summed E-state index contributed by atoms with van der Waals surface area (Å²) in [5.41, 5.74) is 7.77. The maximum Gasteiger partial charge on any atom is 0.241 e. The van der Waals surface area contributed by atoms with Gasteiger partial charge in [0.15, 0.2) is 0 Å². The van der Waals surface area contributed by atoms with Gasteiger partial charge in [-0.05, 0) is 30.5 Å². The van der Waals surface area contributed by atoms with Gasteiger partial charge in [0, 0.05) is 5.69 Å². The summed E-state index contributed by atoms with van der Waals surface area (Å²) >= 11 is 0. The predicted molar refractivity (Wildman–Crippen MR) is 74.5 cm³/mol. The van der Waals surface area contributed by atoms with Crippen LogP contribution in [0.4, 0.5) is 5.69 Å². The van der Waals surface area contributed by atoms with Gasteiger partial charge in [0.05, 0.1) is 6.04 Å². The highest BCUT2D eigenvalue weighted by Gasteiger charge is 2.19. The summed E-state index contributed by atoms with van der Waals surface area (Å²) < 4.78 is 0. The standard InChI is InChI=1S/C13H20N2O.ClH/c1-4-10(3)12(14)13(16)15-11-7-5-6-9(2)8-11;/h5-8,10,12H,4,14H2,1-3H3,(H,15,16);1H. The molecule has 0 aromatic heterocycles. The third kappa shape index (κ3) is 4.75. The first-order chi connectivity index (χ1) is 7.54. The minimum Gasteiger partial charge on any atom is -0.325 e. The lowest BCUT2D eigenvalue weighted by atomic mass is 9.99. The Hall–Kier alpha value is -1.06. The van der Waals surface area contributed by atoms with E-state index in [1.807, 2.05) is 45.0 Å². The molecule has 96 valence electrons. The molecule has 4 heteroatoms. The fourth-order valence-electron chi connectivity index (χ4n) is 1.46. The quantitative estimate of drug-likeness (QED) is 0.870. The van der Waals surface area contributed by atoms with Crippen LogP contribution >= 0.6 is 12.4 Å². The summed E-state index contributed by atoms with van der Waals surface area (Å²) in [7, 11) is 0. The average Bonchev–Trinajstić information content (AvgIpc) is 2.27. The Labute approximate surface area is 109 Å². The van der Waals surface area contributed by atoms with Crippen molar-refractivity contribution in [2.75, 3.05) is 5.32 Å². The van der Waals surface area contributed by atoms with Crippen molar-refractivity contribution in [3.63, 3.8) is 0 Å². The Balaban J connectivity index is 0.00000256. The molecule has 2 unspecified atom stereocenters. The van der Waals surface area contributed by atoms with Crippen LogP contribution in [0.2, 0.25) is 0 Å². The maximum atomic E-state index is 11.8. The first-order valence-electron chi connectivity index (χ1n) is 5.67. The van der Waals surface area contributed by atoms with Crippen LogP contribution in [0, 0.1) is 12.8 Å². The fraction of sp³-hybridized carbons (Fsp3) is 0.462. The van der Waals surface area contributed by atoms with Gasteiger partial charge in [-0.3, -0.25) is 4.79 Å². The van der Waals surface area contributed by atoms with Gasteiger partial charge in [-0.1, -0.05) is 32.4 Å². The van der Waals surface area contributed by atoms with Crippen molar-refractivity contribution >= 4 is 24.0 Å². The molecule has 0 saturated carbocycles. The number of hydrogen-bond acceptors (Lipinski definition) is 2. The summed E-state index contributed by atoms with van der Waals surface area (Å²) in [6, 6.07) is 7.27. The average molecular weight is 257 g/mol. The zero-order valence-electron chi connectivity index (χ0n) is 10.6. The molecule has 0 spiro atoms. The van der Waals surface area contributed by atoms with E-state index in [9.17, 15) is 4.79 Å². The molecule has 1 aromatic carbocycles. The van der Waals surface area contributed by atoms with Crippen molar-refractivity contribution in [2.45, 2.75) is 33.2 Å². The Kier molecular flexibility index (Phi) is 6.85. The summed E-state index contributed by atoms with van der Waals surface area (Å²) in [6.45, 7) is 6.01. The summed E-state index contributed by atoms with van der Waals surface area (Å²) in [6.07, 6.45) is 0.905. The van der Waals surface area contributed by atoms with E-state index in [4.69, 9.17) is 5.73 Å². The van der Waals surface area contributed by atoms with Crippen LogP contribution in [0.3, 0.4) is 0 Å². The van der Waals surface area contributed by atoms with E-state index >= 15 is 0 Å². The van der Waals surface area contributed by atoms with E-state index < -0.39 is 6.04 Å². The Bertz CT molecular complexity index is 368. The van der Waals surface area contributed by atoms with Crippen LogP contribution in [0.1, 0.15) is 25.8 Å². The zero-order chi connectivity index (χ0) is 12.1. The van der Waals surface area contributed by atoms with Crippen molar-refractivity contribution in [1.29, 1.82) is 0 Å². The van der Waals surface area contributed by atoms with Crippen LogP contribution in [0.25, 0.3) is 0 Å². The number of rotatable bonds is 4. The predicted octanol–water partition coefficient (Wildman–Crippen LogP) is 2.73. The first-order valence-corrected chi connectivity index (χ1v) is 5.67. The van der Waals surface area contributed by atoms with Crippen molar-refractivity contribution in [3.8, 4) is 0 Å². The molecule has 0 bridgehead atoms. The number of aryl methyl sites for hydroxylation is 1. The number of hydrogen-bond donors (Lipinski definition) is 2. The van der Waals surface area contributed by atoms with Crippen LogP contribution in [0.15, 0.2) is 24.3 Å². The fourth-order valence-corrected chi connectivity index (χ4v) is 1.46. The second-order valence-corrected chi connectivity index (χ2v) is 4.27. The number of halogens is 1. The first kappa shape index (κ1) is 15.9. The van der Waals surface area contributed by atoms with Gasteiger partial charge < -0.3 is 11.1 Å². The third-order valence-electron chi connectivity index (χ3n) is 2.85. The molecule has 0 saturated heterocycles. The zero-order valence-corrected chi connectivity index (χ0v) is 11.4. The molecule has 3 N–H and O–H groups in total. The molecule has 0 fully saturated rings. The van der Waals surface area contributed by atoms with Crippen molar-refractivity contribution in [1.82, 2.24) is 0 Å². The summed E-state index contributed by atoms with van der Waals surface area (Å²) in [4.78, 5) is 11.8. The highest BCUT2D eigenvalue weighted by Crippen LogP contribution is 2.12. The number of nitrogens with two attached hydrogens (primary N) is 1. The molecule has 0 aliphatic carbocycles. The summed E-state index contributed by atoms with van der Waals surface area (Å²) in [5, 5.41) is 2.83. The highest BCUT2D eigenvalue weighted by atomic mass is 35.5. The number of carbonyl (C=O) groups is 1. The Morgan fingerprint density at radius 1 is 1.47 bits per heavy atom. The molecule has 1 amide bonds. The van der Waals surface area contributed by atoms with E-state index in [2.05, 4.69) is 5.32 Å². The smallest absolute Gasteiger partial charge is 0.241 e. The van der Waals surface area contributed by atoms with Crippen molar-refractivity contribution in [3.05, 3.63) is 29.8 Å². The van der Waals surface area contributed by atoms with Crippen molar-refractivity contribution in [2.24, 2.45) is 11.7 Å². The molecule has 0 aliphatic heterocycles. The number of benzene rings is 1. The Morgan fingerprint density at radius 3 is 2.65 bits per heavy atom. The van der Waals surface area contributed by atoms with E-state index in [1.165, 1.54) is 0 Å². The number of amides is 1. The van der Waals surface area contributed by atoms with E-state index in [0.29, 0.717) is 0 Å². The molecule has 0 radical (unpaired) electrons. The SMILES string of the molecule is CCC(C)C(N)C(=O)Nc1cccc(C)c1.Cl. The minimum absolute atomic E-state index is 0. The maximum absolute atomic E-state index is 11.8. The van der Waals surface area contributed by atoms with Crippen LogP contribution in [-0.4, -0.2) is 11.9 Å². The number of carbonyl (C=O) groups excluding carboxylic acids is 1. The Morgan fingerprint density at radius 2 is 2.12 bits per heavy atom. The van der Waals surface area contributed by atoms with Gasteiger partial charge in [0.1, 0.15) is 0 Å². The van der Waals surface area contributed by atoms with Gasteiger partial charge in [0.2, 0.25) is 5.91 Å². The third-order valence-corrected chi connectivity index (χ3v) is 2.85. The monoisotopic (exact) mass is 256 g/mol. The van der Waals surface area contributed by atoms with E-state index in [-0.39, 0.29) is 24.2 Å². The van der Waals surface area contributed by atoms with Gasteiger partial charge in [0.25, 0.3) is 0 Å². The van der Waals surface area contributed by atoms with E-state index in [1.54, 1.807) is 0 Å². The van der Waals surface area contributed by atoms with Gasteiger partial charge >= 0.3 is 0 Å². The van der Waals surface area contributed by atoms with Gasteiger partial charge in [-0.25, -0.2) is 0 Å². The molecule has 17 heavy (non-hydrogen) atoms. The van der Waals surface area contributed by atoms with E-state index in [0.717, 1.165) is 17.7 Å². The topological polar surface area (TPSA) is 55.1 Å². The molecule has 2 atom stereocenters. The molecule has 0 aliphatic rings. The van der Waals surface area contributed by atoms with Crippen LogP contribution in [-0.2, 0) is 4.79 Å². The molecular formula is C13H21ClN2O. The second-order valence-electron chi connectivity index (χ2n) is 4.27. The normalized spacial score (nSPS) is 13.4. The lowest BCUT2D eigenvalue weighted by Gasteiger charge is -2.17. The molecule has 3 nitrogen and oxygen atoms in total. The minimum atomic E-state index is -0.439. The highest BCUT2D eigenvalue weighted by molar-refractivity contribution is 5.94. The van der Waals surface area contributed by atoms with Crippen molar-refractivity contribution < 1.29 is 4.79 Å². The number of nitrogens with one attached hydrogen (secondary N) is 1. The molecular weight excluding hydrogens is 236 g/mol. The largest absolute Gasteiger partial charge is 0.325 e. The van der Waals surface area contributed by atoms with Crippen LogP contribution < -0.4 is 11.1 Å². The number of anilines is 1. The molecule has 0 heterocycles. The lowest BCUT2D eigenvalue weighted by molar-refractivity contribution is -0.118. The summed E-state index contributed by atoms with van der Waals surface area (Å²) in [5.74, 6) is 0.0877. The second kappa shape index (κ2) is 7.30. The molecule has 1 aromatic rings.